The van der Waals surface area contributed by atoms with Gasteiger partial charge in [0, 0.05) is 45.1 Å². The van der Waals surface area contributed by atoms with Crippen molar-refractivity contribution >= 4 is 5.91 Å². The van der Waals surface area contributed by atoms with Crippen LogP contribution in [0.3, 0.4) is 0 Å². The van der Waals surface area contributed by atoms with Gasteiger partial charge in [-0.1, -0.05) is 18.6 Å². The van der Waals surface area contributed by atoms with Crippen LogP contribution in [0.25, 0.3) is 0 Å². The lowest BCUT2D eigenvalue weighted by molar-refractivity contribution is -0.140. The topological polar surface area (TPSA) is 32.8 Å². The Bertz CT molecular complexity index is 560. The Morgan fingerprint density at radius 1 is 1.18 bits per heavy atom. The van der Waals surface area contributed by atoms with Crippen LogP contribution in [-0.4, -0.2) is 48.5 Å². The number of fused-ring (bicyclic) bond motifs is 1. The molecule has 1 aliphatic carbocycles. The van der Waals surface area contributed by atoms with Crippen molar-refractivity contribution in [1.82, 2.24) is 9.80 Å². The lowest BCUT2D eigenvalue weighted by Gasteiger charge is -2.38. The summed E-state index contributed by atoms with van der Waals surface area (Å²) >= 11 is 0. The maximum atomic E-state index is 12.3. The number of ether oxygens (including phenoxy) is 1. The molecule has 0 radical (unpaired) electrons. The third kappa shape index (κ3) is 2.72. The molecule has 118 valence electrons. The summed E-state index contributed by atoms with van der Waals surface area (Å²) in [6.07, 6.45) is 4.48. The molecule has 0 aromatic heterocycles. The molecule has 0 bridgehead atoms. The number of rotatable bonds is 3. The molecule has 4 rings (SSSR count). The van der Waals surface area contributed by atoms with Crippen molar-refractivity contribution in [3.8, 4) is 5.75 Å². The second kappa shape index (κ2) is 5.92. The Morgan fingerprint density at radius 3 is 2.73 bits per heavy atom. The maximum absolute atomic E-state index is 12.3. The molecule has 1 amide bonds. The molecule has 1 aromatic carbocycles. The number of hydrogen-bond acceptors (Lipinski definition) is 3. The minimum absolute atomic E-state index is 0.336. The second-order valence-electron chi connectivity index (χ2n) is 6.77. The highest BCUT2D eigenvalue weighted by atomic mass is 16.5. The molecular formula is C18H24N2O2. The zero-order chi connectivity index (χ0) is 14.9. The van der Waals surface area contributed by atoms with Gasteiger partial charge in [0.15, 0.2) is 0 Å². The van der Waals surface area contributed by atoms with Gasteiger partial charge >= 0.3 is 0 Å². The molecule has 0 spiro atoms. The van der Waals surface area contributed by atoms with Gasteiger partial charge < -0.3 is 9.64 Å². The fourth-order valence-electron chi connectivity index (χ4n) is 3.64. The first-order valence-corrected chi connectivity index (χ1v) is 8.55. The Hall–Kier alpha value is -1.55. The van der Waals surface area contributed by atoms with E-state index in [0.29, 0.717) is 11.8 Å². The van der Waals surface area contributed by atoms with Crippen molar-refractivity contribution in [2.45, 2.75) is 32.2 Å². The third-order valence-corrected chi connectivity index (χ3v) is 5.30. The smallest absolute Gasteiger partial charge is 0.225 e. The Morgan fingerprint density at radius 2 is 2.00 bits per heavy atom. The van der Waals surface area contributed by atoms with Crippen molar-refractivity contribution in [1.29, 1.82) is 0 Å². The summed E-state index contributed by atoms with van der Waals surface area (Å²) in [5.74, 6) is 1.79. The van der Waals surface area contributed by atoms with Crippen molar-refractivity contribution in [3.05, 3.63) is 29.3 Å². The lowest BCUT2D eigenvalue weighted by atomic mass is 9.84. The minimum atomic E-state index is 0.336. The number of benzene rings is 1. The largest absolute Gasteiger partial charge is 0.493 e. The molecule has 22 heavy (non-hydrogen) atoms. The van der Waals surface area contributed by atoms with E-state index in [1.165, 1.54) is 17.5 Å². The predicted molar refractivity (Wildman–Crippen MR) is 84.8 cm³/mol. The fraction of sp³-hybridized carbons (Fsp3) is 0.611. The monoisotopic (exact) mass is 300 g/mol. The van der Waals surface area contributed by atoms with Crippen molar-refractivity contribution < 1.29 is 9.53 Å². The normalized spacial score (nSPS) is 22.1. The number of carbonyl (C=O) groups is 1. The standard InChI is InChI=1S/C18H24N2O2/c21-18(15-2-1-3-15)20-9-7-19(8-10-20)13-14-4-5-17-16(12-14)6-11-22-17/h4-5,12,15H,1-3,6-11,13H2. The highest BCUT2D eigenvalue weighted by molar-refractivity contribution is 5.79. The van der Waals surface area contributed by atoms with Crippen molar-refractivity contribution in [2.75, 3.05) is 32.8 Å². The SMILES string of the molecule is O=C(C1CCC1)N1CCN(Cc2ccc3c(c2)CCO3)CC1. The van der Waals surface area contributed by atoms with E-state index in [1.54, 1.807) is 0 Å². The number of amides is 1. The highest BCUT2D eigenvalue weighted by Gasteiger charge is 2.31. The van der Waals surface area contributed by atoms with Crippen molar-refractivity contribution in [2.24, 2.45) is 5.92 Å². The summed E-state index contributed by atoms with van der Waals surface area (Å²) in [6.45, 7) is 5.57. The van der Waals surface area contributed by atoms with Crippen molar-refractivity contribution in [3.63, 3.8) is 0 Å². The molecule has 2 heterocycles. The summed E-state index contributed by atoms with van der Waals surface area (Å²) in [7, 11) is 0. The quantitative estimate of drug-likeness (QED) is 0.856. The van der Waals surface area contributed by atoms with Gasteiger partial charge in [0.1, 0.15) is 5.75 Å². The molecule has 1 saturated carbocycles. The first-order valence-electron chi connectivity index (χ1n) is 8.55. The molecule has 1 saturated heterocycles. The van der Waals surface area contributed by atoms with Crippen LogP contribution < -0.4 is 4.74 Å². The van der Waals surface area contributed by atoms with E-state index in [-0.39, 0.29) is 0 Å². The van der Waals surface area contributed by atoms with Gasteiger partial charge in [-0.05, 0) is 30.0 Å². The van der Waals surface area contributed by atoms with Crippen LogP contribution in [0, 0.1) is 5.92 Å². The molecule has 1 aromatic rings. The minimum Gasteiger partial charge on any atom is -0.493 e. The van der Waals surface area contributed by atoms with Crippen LogP contribution in [0.4, 0.5) is 0 Å². The number of hydrogen-bond donors (Lipinski definition) is 0. The van der Waals surface area contributed by atoms with Gasteiger partial charge in [-0.3, -0.25) is 9.69 Å². The van der Waals surface area contributed by atoms with Crippen LogP contribution in [0.1, 0.15) is 30.4 Å². The Labute approximate surface area is 132 Å². The summed E-state index contributed by atoms with van der Waals surface area (Å²) in [5, 5.41) is 0. The predicted octanol–water partition coefficient (Wildman–Crippen LogP) is 2.07. The van der Waals surface area contributed by atoms with Gasteiger partial charge in [0.2, 0.25) is 5.91 Å². The zero-order valence-electron chi connectivity index (χ0n) is 13.1. The molecule has 4 heteroatoms. The van der Waals surface area contributed by atoms with E-state index in [0.717, 1.165) is 64.3 Å². The molecule has 3 aliphatic rings. The van der Waals surface area contributed by atoms with Crippen LogP contribution in [-0.2, 0) is 17.8 Å². The zero-order valence-corrected chi connectivity index (χ0v) is 13.1. The molecule has 0 N–H and O–H groups in total. The molecule has 0 atom stereocenters. The number of piperazine rings is 1. The molecule has 2 aliphatic heterocycles. The molecular weight excluding hydrogens is 276 g/mol. The second-order valence-corrected chi connectivity index (χ2v) is 6.77. The van der Waals surface area contributed by atoms with Gasteiger partial charge in [0.25, 0.3) is 0 Å². The van der Waals surface area contributed by atoms with Gasteiger partial charge in [-0.25, -0.2) is 0 Å². The summed E-state index contributed by atoms with van der Waals surface area (Å²) in [4.78, 5) is 16.8. The summed E-state index contributed by atoms with van der Waals surface area (Å²) < 4.78 is 5.56. The van der Waals surface area contributed by atoms with Crippen LogP contribution in [0.2, 0.25) is 0 Å². The van der Waals surface area contributed by atoms with E-state index in [1.807, 2.05) is 0 Å². The third-order valence-electron chi connectivity index (χ3n) is 5.30. The van der Waals surface area contributed by atoms with Crippen LogP contribution >= 0.6 is 0 Å². The van der Waals surface area contributed by atoms with E-state index < -0.39 is 0 Å². The average Bonchev–Trinajstić information content (AvgIpc) is 2.94. The van der Waals surface area contributed by atoms with Crippen LogP contribution in [0.15, 0.2) is 18.2 Å². The van der Waals surface area contributed by atoms with E-state index in [4.69, 9.17) is 4.74 Å². The van der Waals surface area contributed by atoms with Gasteiger partial charge in [-0.15, -0.1) is 0 Å². The summed E-state index contributed by atoms with van der Waals surface area (Å²) in [6, 6.07) is 6.57. The van der Waals surface area contributed by atoms with Crippen LogP contribution in [0.5, 0.6) is 5.75 Å². The first-order chi connectivity index (χ1) is 10.8. The Balaban J connectivity index is 1.31. The number of nitrogens with zero attached hydrogens (tertiary/aromatic N) is 2. The van der Waals surface area contributed by atoms with Gasteiger partial charge in [0.05, 0.1) is 6.61 Å². The maximum Gasteiger partial charge on any atom is 0.225 e. The lowest BCUT2D eigenvalue weighted by Crippen LogP contribution is -2.50. The molecule has 2 fully saturated rings. The summed E-state index contributed by atoms with van der Waals surface area (Å²) in [5.41, 5.74) is 2.71. The average molecular weight is 300 g/mol. The fourth-order valence-corrected chi connectivity index (χ4v) is 3.64. The van der Waals surface area contributed by atoms with E-state index in [2.05, 4.69) is 28.0 Å². The van der Waals surface area contributed by atoms with E-state index >= 15 is 0 Å². The highest BCUT2D eigenvalue weighted by Crippen LogP contribution is 2.29. The Kier molecular flexibility index (Phi) is 3.78. The molecule has 4 nitrogen and oxygen atoms in total. The van der Waals surface area contributed by atoms with E-state index in [9.17, 15) is 4.79 Å². The molecule has 0 unspecified atom stereocenters. The van der Waals surface area contributed by atoms with Gasteiger partial charge in [-0.2, -0.15) is 0 Å². The first kappa shape index (κ1) is 14.1. The number of carbonyl (C=O) groups excluding carboxylic acids is 1.